The molecule has 0 saturated heterocycles. The number of fused-ring (bicyclic) bond motifs is 1. The normalized spacial score (nSPS) is 14.9. The maximum Gasteiger partial charge on any atom is 0.129 e. The first-order chi connectivity index (χ1) is 7.84. The van der Waals surface area contributed by atoms with Crippen LogP contribution in [0.15, 0.2) is 35.3 Å². The first-order valence-electron chi connectivity index (χ1n) is 5.19. The van der Waals surface area contributed by atoms with Crippen LogP contribution in [0.2, 0.25) is 0 Å². The Morgan fingerprint density at radius 1 is 1.25 bits per heavy atom. The number of halogens is 1. The molecule has 0 saturated carbocycles. The van der Waals surface area contributed by atoms with Crippen molar-refractivity contribution in [1.82, 2.24) is 14.5 Å². The van der Waals surface area contributed by atoms with Gasteiger partial charge in [-0.1, -0.05) is 0 Å². The molecule has 0 radical (unpaired) electrons. The Bertz CT molecular complexity index is 494. The lowest BCUT2D eigenvalue weighted by atomic mass is 10.3. The average molecular weight is 279 g/mol. The van der Waals surface area contributed by atoms with Gasteiger partial charge in [-0.3, -0.25) is 4.98 Å². The SMILES string of the molecule is Brc1cnc2n1CCN(c1cccnc1)C2. The Morgan fingerprint density at radius 2 is 2.19 bits per heavy atom. The lowest BCUT2D eigenvalue weighted by Gasteiger charge is -2.29. The van der Waals surface area contributed by atoms with Crippen LogP contribution in [0.25, 0.3) is 0 Å². The van der Waals surface area contributed by atoms with Crippen LogP contribution in [-0.2, 0) is 13.1 Å². The van der Waals surface area contributed by atoms with Crippen LogP contribution in [0.4, 0.5) is 5.69 Å². The summed E-state index contributed by atoms with van der Waals surface area (Å²) in [7, 11) is 0. The van der Waals surface area contributed by atoms with E-state index < -0.39 is 0 Å². The number of nitrogens with zero attached hydrogens (tertiary/aromatic N) is 4. The van der Waals surface area contributed by atoms with Crippen molar-refractivity contribution in [1.29, 1.82) is 0 Å². The summed E-state index contributed by atoms with van der Waals surface area (Å²) in [5.74, 6) is 1.10. The van der Waals surface area contributed by atoms with Gasteiger partial charge < -0.3 is 9.47 Å². The largest absolute Gasteiger partial charge is 0.361 e. The predicted molar refractivity (Wildman–Crippen MR) is 65.2 cm³/mol. The Morgan fingerprint density at radius 3 is 3.00 bits per heavy atom. The molecule has 1 aliphatic heterocycles. The second-order valence-corrected chi connectivity index (χ2v) is 4.59. The van der Waals surface area contributed by atoms with Crippen LogP contribution in [0, 0.1) is 0 Å². The van der Waals surface area contributed by atoms with Gasteiger partial charge in [-0.05, 0) is 28.1 Å². The maximum absolute atomic E-state index is 4.39. The standard InChI is InChI=1S/C11H11BrN4/c12-10-7-14-11-8-15(4-5-16(10)11)9-2-1-3-13-6-9/h1-3,6-7H,4-5,8H2. The van der Waals surface area contributed by atoms with Crippen molar-refractivity contribution >= 4 is 21.6 Å². The van der Waals surface area contributed by atoms with Crippen molar-refractivity contribution in [2.24, 2.45) is 0 Å². The van der Waals surface area contributed by atoms with Crippen molar-refractivity contribution < 1.29 is 0 Å². The van der Waals surface area contributed by atoms with Gasteiger partial charge in [0.1, 0.15) is 10.4 Å². The fourth-order valence-corrected chi connectivity index (χ4v) is 2.47. The van der Waals surface area contributed by atoms with Gasteiger partial charge in [0.15, 0.2) is 0 Å². The molecule has 1 aliphatic rings. The van der Waals surface area contributed by atoms with Crippen molar-refractivity contribution in [3.8, 4) is 0 Å². The first-order valence-corrected chi connectivity index (χ1v) is 5.99. The van der Waals surface area contributed by atoms with E-state index in [4.69, 9.17) is 0 Å². The van der Waals surface area contributed by atoms with Gasteiger partial charge in [-0.25, -0.2) is 4.98 Å². The van der Waals surface area contributed by atoms with Crippen molar-refractivity contribution in [2.45, 2.75) is 13.1 Å². The van der Waals surface area contributed by atoms with Gasteiger partial charge in [0.25, 0.3) is 0 Å². The lowest BCUT2D eigenvalue weighted by Crippen LogP contribution is -2.33. The summed E-state index contributed by atoms with van der Waals surface area (Å²) in [5.41, 5.74) is 1.16. The van der Waals surface area contributed by atoms with E-state index in [1.54, 1.807) is 6.20 Å². The quantitative estimate of drug-likeness (QED) is 0.801. The minimum absolute atomic E-state index is 0.845. The summed E-state index contributed by atoms with van der Waals surface area (Å²) in [4.78, 5) is 10.8. The molecule has 0 aromatic carbocycles. The molecule has 0 fully saturated rings. The van der Waals surface area contributed by atoms with Crippen LogP contribution in [0.3, 0.4) is 0 Å². The Hall–Kier alpha value is -1.36. The lowest BCUT2D eigenvalue weighted by molar-refractivity contribution is 0.553. The molecule has 2 aromatic rings. The van der Waals surface area contributed by atoms with Crippen LogP contribution in [0.1, 0.15) is 5.82 Å². The number of hydrogen-bond acceptors (Lipinski definition) is 3. The zero-order valence-electron chi connectivity index (χ0n) is 8.67. The number of imidazole rings is 1. The fraction of sp³-hybridized carbons (Fsp3) is 0.273. The molecule has 2 aromatic heterocycles. The van der Waals surface area contributed by atoms with Crippen molar-refractivity contribution in [3.05, 3.63) is 41.2 Å². The van der Waals surface area contributed by atoms with E-state index >= 15 is 0 Å². The molecule has 3 rings (SSSR count). The van der Waals surface area contributed by atoms with Gasteiger partial charge in [0.2, 0.25) is 0 Å². The molecule has 0 spiro atoms. The number of pyridine rings is 1. The zero-order chi connectivity index (χ0) is 11.0. The molecule has 4 nitrogen and oxygen atoms in total. The molecule has 5 heteroatoms. The highest BCUT2D eigenvalue weighted by atomic mass is 79.9. The first kappa shape index (κ1) is 9.84. The van der Waals surface area contributed by atoms with E-state index in [9.17, 15) is 0 Å². The third-order valence-corrected chi connectivity index (χ3v) is 3.46. The Kier molecular flexibility index (Phi) is 2.40. The van der Waals surface area contributed by atoms with Crippen LogP contribution < -0.4 is 4.90 Å². The molecule has 82 valence electrons. The Balaban J connectivity index is 1.89. The molecule has 0 atom stereocenters. The monoisotopic (exact) mass is 278 g/mol. The zero-order valence-corrected chi connectivity index (χ0v) is 10.3. The van der Waals surface area contributed by atoms with Gasteiger partial charge >= 0.3 is 0 Å². The molecular formula is C11H11BrN4. The molecule has 0 aliphatic carbocycles. The number of aromatic nitrogens is 3. The van der Waals surface area contributed by atoms with Crippen LogP contribution >= 0.6 is 15.9 Å². The Labute approximate surface area is 102 Å². The minimum atomic E-state index is 0.845. The highest BCUT2D eigenvalue weighted by molar-refractivity contribution is 9.10. The molecular weight excluding hydrogens is 268 g/mol. The van der Waals surface area contributed by atoms with E-state index in [-0.39, 0.29) is 0 Å². The van der Waals surface area contributed by atoms with Gasteiger partial charge in [-0.2, -0.15) is 0 Å². The number of anilines is 1. The van der Waals surface area contributed by atoms with E-state index in [1.807, 2.05) is 18.5 Å². The minimum Gasteiger partial charge on any atom is -0.361 e. The van der Waals surface area contributed by atoms with E-state index in [0.29, 0.717) is 0 Å². The second-order valence-electron chi connectivity index (χ2n) is 3.78. The highest BCUT2D eigenvalue weighted by Gasteiger charge is 2.18. The van der Waals surface area contributed by atoms with Gasteiger partial charge in [-0.15, -0.1) is 0 Å². The molecule has 16 heavy (non-hydrogen) atoms. The highest BCUT2D eigenvalue weighted by Crippen LogP contribution is 2.22. The smallest absolute Gasteiger partial charge is 0.129 e. The summed E-state index contributed by atoms with van der Waals surface area (Å²) in [6.45, 7) is 2.80. The summed E-state index contributed by atoms with van der Waals surface area (Å²) in [6.07, 6.45) is 5.56. The van der Waals surface area contributed by atoms with Crippen LogP contribution in [-0.4, -0.2) is 21.1 Å². The van der Waals surface area contributed by atoms with E-state index in [1.165, 1.54) is 0 Å². The van der Waals surface area contributed by atoms with Gasteiger partial charge in [0, 0.05) is 19.3 Å². The summed E-state index contributed by atoms with van der Waals surface area (Å²) >= 11 is 3.50. The van der Waals surface area contributed by atoms with Crippen LogP contribution in [0.5, 0.6) is 0 Å². The third kappa shape index (κ3) is 1.61. The van der Waals surface area contributed by atoms with Crippen molar-refractivity contribution in [2.75, 3.05) is 11.4 Å². The molecule has 0 unspecified atom stereocenters. The van der Waals surface area contributed by atoms with E-state index in [2.05, 4.69) is 41.4 Å². The van der Waals surface area contributed by atoms with E-state index in [0.717, 1.165) is 35.7 Å². The second kappa shape index (κ2) is 3.90. The third-order valence-electron chi connectivity index (χ3n) is 2.83. The fourth-order valence-electron chi connectivity index (χ4n) is 1.98. The summed E-state index contributed by atoms with van der Waals surface area (Å²) < 4.78 is 3.26. The molecule has 3 heterocycles. The summed E-state index contributed by atoms with van der Waals surface area (Å²) in [6, 6.07) is 4.05. The van der Waals surface area contributed by atoms with Gasteiger partial charge in [0.05, 0.1) is 24.6 Å². The maximum atomic E-state index is 4.39. The van der Waals surface area contributed by atoms with Crippen molar-refractivity contribution in [3.63, 3.8) is 0 Å². The summed E-state index contributed by atoms with van der Waals surface area (Å²) in [5, 5.41) is 0. The average Bonchev–Trinajstić information content (AvgIpc) is 2.72. The molecule has 0 N–H and O–H groups in total. The molecule has 0 amide bonds. The molecule has 0 bridgehead atoms. The number of hydrogen-bond donors (Lipinski definition) is 0. The number of rotatable bonds is 1. The predicted octanol–water partition coefficient (Wildman–Crippen LogP) is 2.06. The topological polar surface area (TPSA) is 34.0 Å².